The van der Waals surface area contributed by atoms with Gasteiger partial charge in [-0.1, -0.05) is 36.7 Å². The molecule has 1 amide bonds. The van der Waals surface area contributed by atoms with E-state index in [1.165, 1.54) is 0 Å². The van der Waals surface area contributed by atoms with Gasteiger partial charge in [0.05, 0.1) is 5.69 Å². The molecular weight excluding hydrogens is 290 g/mol. The van der Waals surface area contributed by atoms with Crippen molar-refractivity contribution in [3.8, 4) is 0 Å². The molecule has 0 saturated carbocycles. The fourth-order valence-electron chi connectivity index (χ4n) is 1.96. The zero-order valence-electron chi connectivity index (χ0n) is 12.3. The van der Waals surface area contributed by atoms with Crippen molar-refractivity contribution in [2.75, 3.05) is 7.05 Å². The summed E-state index contributed by atoms with van der Waals surface area (Å²) in [7, 11) is 1.71. The summed E-state index contributed by atoms with van der Waals surface area (Å²) in [6, 6.07) is 5.24. The molecule has 5 nitrogen and oxygen atoms in total. The predicted octanol–water partition coefficient (Wildman–Crippen LogP) is 3.19. The molecule has 0 radical (unpaired) electrons. The number of aromatic nitrogens is 2. The number of halogens is 1. The van der Waals surface area contributed by atoms with E-state index < -0.39 is 0 Å². The van der Waals surface area contributed by atoms with Gasteiger partial charge in [-0.25, -0.2) is 4.98 Å². The summed E-state index contributed by atoms with van der Waals surface area (Å²) in [6.45, 7) is 4.62. The van der Waals surface area contributed by atoms with Gasteiger partial charge in [0.25, 0.3) is 5.91 Å². The number of amides is 1. The van der Waals surface area contributed by atoms with Crippen LogP contribution in [0, 0.1) is 5.92 Å². The summed E-state index contributed by atoms with van der Waals surface area (Å²) in [5.41, 5.74) is 1.70. The Morgan fingerprint density at radius 1 is 1.43 bits per heavy atom. The molecule has 112 valence electrons. The summed E-state index contributed by atoms with van der Waals surface area (Å²) < 4.78 is 5.13. The molecule has 0 fully saturated rings. The van der Waals surface area contributed by atoms with E-state index in [1.54, 1.807) is 30.3 Å². The minimum Gasteiger partial charge on any atom is -0.351 e. The number of hydrogen-bond donors (Lipinski definition) is 0. The van der Waals surface area contributed by atoms with Crippen LogP contribution in [-0.4, -0.2) is 28.0 Å². The van der Waals surface area contributed by atoms with Crippen molar-refractivity contribution in [2.45, 2.75) is 26.8 Å². The molecule has 0 aliphatic rings. The highest BCUT2D eigenvalue weighted by Gasteiger charge is 2.18. The number of hydrogen-bond acceptors (Lipinski definition) is 4. The fourth-order valence-corrected chi connectivity index (χ4v) is 2.07. The second-order valence-corrected chi connectivity index (χ2v) is 5.82. The third-order valence-corrected chi connectivity index (χ3v) is 3.17. The van der Waals surface area contributed by atoms with E-state index in [1.807, 2.05) is 6.07 Å². The van der Waals surface area contributed by atoms with E-state index in [4.69, 9.17) is 16.1 Å². The molecule has 2 aromatic rings. The summed E-state index contributed by atoms with van der Waals surface area (Å²) in [6.07, 6.45) is 2.44. The number of nitrogens with zero attached hydrogens (tertiary/aromatic N) is 3. The van der Waals surface area contributed by atoms with Crippen LogP contribution in [0.2, 0.25) is 5.15 Å². The Morgan fingerprint density at radius 2 is 2.19 bits per heavy atom. The van der Waals surface area contributed by atoms with Crippen molar-refractivity contribution >= 4 is 17.5 Å². The lowest BCUT2D eigenvalue weighted by molar-refractivity contribution is 0.0743. The van der Waals surface area contributed by atoms with E-state index in [9.17, 15) is 4.79 Å². The molecule has 2 heterocycles. The van der Waals surface area contributed by atoms with Crippen LogP contribution in [0.1, 0.15) is 35.7 Å². The summed E-state index contributed by atoms with van der Waals surface area (Å²) in [4.78, 5) is 17.8. The Labute approximate surface area is 128 Å². The quantitative estimate of drug-likeness (QED) is 0.796. The van der Waals surface area contributed by atoms with Gasteiger partial charge in [0.1, 0.15) is 5.15 Å². The van der Waals surface area contributed by atoms with E-state index in [2.05, 4.69) is 24.0 Å². The Balaban J connectivity index is 2.01. The van der Waals surface area contributed by atoms with Crippen molar-refractivity contribution in [1.29, 1.82) is 0 Å². The van der Waals surface area contributed by atoms with E-state index in [0.29, 0.717) is 17.6 Å². The van der Waals surface area contributed by atoms with Gasteiger partial charge in [-0.15, -0.1) is 0 Å². The first-order valence-electron chi connectivity index (χ1n) is 6.77. The van der Waals surface area contributed by atoms with E-state index >= 15 is 0 Å². The van der Waals surface area contributed by atoms with Crippen LogP contribution in [0.5, 0.6) is 0 Å². The van der Waals surface area contributed by atoms with E-state index in [0.717, 1.165) is 17.7 Å². The van der Waals surface area contributed by atoms with Gasteiger partial charge in [-0.05, 0) is 24.0 Å². The lowest BCUT2D eigenvalue weighted by Crippen LogP contribution is -2.25. The van der Waals surface area contributed by atoms with Crippen molar-refractivity contribution in [2.24, 2.45) is 5.92 Å². The second kappa shape index (κ2) is 6.72. The van der Waals surface area contributed by atoms with Gasteiger partial charge in [0.2, 0.25) is 5.76 Å². The summed E-state index contributed by atoms with van der Waals surface area (Å²) >= 11 is 5.74. The van der Waals surface area contributed by atoms with Crippen LogP contribution in [-0.2, 0) is 13.0 Å². The molecular formula is C15H18ClN3O2. The monoisotopic (exact) mass is 307 g/mol. The lowest BCUT2D eigenvalue weighted by atomic mass is 10.1. The Kier molecular flexibility index (Phi) is 4.96. The summed E-state index contributed by atoms with van der Waals surface area (Å²) in [5, 5.41) is 4.36. The molecule has 21 heavy (non-hydrogen) atoms. The van der Waals surface area contributed by atoms with Crippen LogP contribution < -0.4 is 0 Å². The fraction of sp³-hybridized carbons (Fsp3) is 0.400. The van der Waals surface area contributed by atoms with Gasteiger partial charge >= 0.3 is 0 Å². The first-order chi connectivity index (χ1) is 9.95. The van der Waals surface area contributed by atoms with E-state index in [-0.39, 0.29) is 11.7 Å². The van der Waals surface area contributed by atoms with Crippen molar-refractivity contribution in [3.05, 3.63) is 46.6 Å². The topological polar surface area (TPSA) is 59.2 Å². The minimum absolute atomic E-state index is 0.201. The molecule has 0 spiro atoms. The van der Waals surface area contributed by atoms with Gasteiger partial charge in [-0.2, -0.15) is 0 Å². The maximum Gasteiger partial charge on any atom is 0.292 e. The molecule has 0 aromatic carbocycles. The smallest absolute Gasteiger partial charge is 0.292 e. The average molecular weight is 308 g/mol. The predicted molar refractivity (Wildman–Crippen MR) is 80.1 cm³/mol. The Bertz CT molecular complexity index is 608. The van der Waals surface area contributed by atoms with Crippen molar-refractivity contribution in [3.63, 3.8) is 0 Å². The minimum atomic E-state index is -0.201. The third-order valence-electron chi connectivity index (χ3n) is 2.94. The normalized spacial score (nSPS) is 10.9. The molecule has 0 aliphatic heterocycles. The number of pyridine rings is 1. The summed E-state index contributed by atoms with van der Waals surface area (Å²) in [5.74, 6) is 0.526. The zero-order chi connectivity index (χ0) is 15.4. The number of rotatable bonds is 5. The first-order valence-corrected chi connectivity index (χ1v) is 7.15. The molecule has 2 rings (SSSR count). The van der Waals surface area contributed by atoms with Crippen LogP contribution >= 0.6 is 11.6 Å². The van der Waals surface area contributed by atoms with Crippen molar-refractivity contribution in [1.82, 2.24) is 15.0 Å². The molecule has 0 N–H and O–H groups in total. The van der Waals surface area contributed by atoms with Gasteiger partial charge in [0, 0.05) is 25.9 Å². The highest BCUT2D eigenvalue weighted by Crippen LogP contribution is 2.13. The highest BCUT2D eigenvalue weighted by atomic mass is 35.5. The third kappa shape index (κ3) is 4.29. The maximum atomic E-state index is 12.3. The van der Waals surface area contributed by atoms with Crippen LogP contribution in [0.15, 0.2) is 28.9 Å². The maximum absolute atomic E-state index is 12.3. The first kappa shape index (κ1) is 15.5. The molecule has 0 unspecified atom stereocenters. The largest absolute Gasteiger partial charge is 0.351 e. The SMILES string of the molecule is CC(C)Cc1cc(C(=O)N(C)Cc2ccc(Cl)nc2)on1. The second-order valence-electron chi connectivity index (χ2n) is 5.43. The lowest BCUT2D eigenvalue weighted by Gasteiger charge is -2.15. The molecule has 0 saturated heterocycles. The molecule has 0 atom stereocenters. The van der Waals surface area contributed by atoms with Crippen molar-refractivity contribution < 1.29 is 9.32 Å². The average Bonchev–Trinajstić information content (AvgIpc) is 2.88. The van der Waals surface area contributed by atoms with Gasteiger partial charge in [0.15, 0.2) is 0 Å². The van der Waals surface area contributed by atoms with Gasteiger partial charge in [-0.3, -0.25) is 4.79 Å². The Morgan fingerprint density at radius 3 is 2.81 bits per heavy atom. The Hall–Kier alpha value is -1.88. The van der Waals surface area contributed by atoms with Crippen LogP contribution in [0.4, 0.5) is 0 Å². The van der Waals surface area contributed by atoms with Crippen LogP contribution in [0.3, 0.4) is 0 Å². The molecule has 0 aliphatic carbocycles. The van der Waals surface area contributed by atoms with Gasteiger partial charge < -0.3 is 9.42 Å². The standard InChI is InChI=1S/C15H18ClN3O2/c1-10(2)6-12-7-13(21-18-12)15(20)19(3)9-11-4-5-14(16)17-8-11/h4-5,7-8,10H,6,9H2,1-3H3. The van der Waals surface area contributed by atoms with Crippen LogP contribution in [0.25, 0.3) is 0 Å². The molecule has 0 bridgehead atoms. The number of carbonyl (C=O) groups is 1. The highest BCUT2D eigenvalue weighted by molar-refractivity contribution is 6.29. The number of carbonyl (C=O) groups excluding carboxylic acids is 1. The molecule has 2 aromatic heterocycles. The molecule has 6 heteroatoms. The zero-order valence-corrected chi connectivity index (χ0v) is 13.1.